The Morgan fingerprint density at radius 2 is 2.00 bits per heavy atom. The average Bonchev–Trinajstić information content (AvgIpc) is 2.81. The zero-order valence-electron chi connectivity index (χ0n) is 13.0. The van der Waals surface area contributed by atoms with Crippen molar-refractivity contribution >= 4 is 21.0 Å². The van der Waals surface area contributed by atoms with Gasteiger partial charge in [-0.05, 0) is 12.1 Å². The molecule has 3 aromatic heterocycles. The van der Waals surface area contributed by atoms with Crippen molar-refractivity contribution < 1.29 is 31.5 Å². The van der Waals surface area contributed by atoms with Gasteiger partial charge in [0, 0.05) is 30.3 Å². The van der Waals surface area contributed by atoms with E-state index in [4.69, 9.17) is 0 Å². The standard InChI is InChI=1S/C14H12F3N4O3S/c1-20-12-9(6-8(7-18-12)14(15,16)17)19-13(20)11-10(25(2,23)24)4-3-5-21(11)22/h3-7,22H,1-2H3/q+1. The molecule has 0 fully saturated rings. The number of halogens is 3. The second-order valence-corrected chi connectivity index (χ2v) is 7.38. The Bertz CT molecular complexity index is 1090. The highest BCUT2D eigenvalue weighted by Crippen LogP contribution is 2.32. The SMILES string of the molecule is Cn1c(-c2c(S(C)(=O)=O)ccc[n+]2O)nc2cc(C(F)(F)F)cnc21. The van der Waals surface area contributed by atoms with Crippen molar-refractivity contribution in [2.24, 2.45) is 7.05 Å². The fourth-order valence-electron chi connectivity index (χ4n) is 2.43. The Hall–Kier alpha value is -2.69. The van der Waals surface area contributed by atoms with Gasteiger partial charge in [-0.2, -0.15) is 13.2 Å². The van der Waals surface area contributed by atoms with Crippen LogP contribution in [0.3, 0.4) is 0 Å². The summed E-state index contributed by atoms with van der Waals surface area (Å²) in [4.78, 5) is 7.59. The number of pyridine rings is 2. The molecule has 0 atom stereocenters. The summed E-state index contributed by atoms with van der Waals surface area (Å²) in [6.45, 7) is 0. The number of hydrogen-bond acceptors (Lipinski definition) is 5. The van der Waals surface area contributed by atoms with Gasteiger partial charge in [0.25, 0.3) is 0 Å². The third-order valence-corrected chi connectivity index (χ3v) is 4.71. The third kappa shape index (κ3) is 2.90. The van der Waals surface area contributed by atoms with Gasteiger partial charge in [0.05, 0.1) is 5.56 Å². The van der Waals surface area contributed by atoms with Crippen molar-refractivity contribution in [1.82, 2.24) is 14.5 Å². The highest BCUT2D eigenvalue weighted by Gasteiger charge is 2.33. The number of aromatic nitrogens is 4. The van der Waals surface area contributed by atoms with Crippen molar-refractivity contribution in [2.75, 3.05) is 6.26 Å². The molecule has 0 spiro atoms. The number of alkyl halides is 3. The molecule has 132 valence electrons. The molecule has 0 aliphatic rings. The predicted molar refractivity (Wildman–Crippen MR) is 79.4 cm³/mol. The van der Waals surface area contributed by atoms with Gasteiger partial charge in [-0.25, -0.2) is 18.4 Å². The highest BCUT2D eigenvalue weighted by atomic mass is 32.2. The van der Waals surface area contributed by atoms with E-state index >= 15 is 0 Å². The molecule has 7 nitrogen and oxygen atoms in total. The number of sulfone groups is 1. The van der Waals surface area contributed by atoms with Crippen LogP contribution in [0, 0.1) is 0 Å². The second-order valence-electron chi connectivity index (χ2n) is 5.40. The summed E-state index contributed by atoms with van der Waals surface area (Å²) >= 11 is 0. The smallest absolute Gasteiger partial charge is 0.307 e. The van der Waals surface area contributed by atoms with Gasteiger partial charge in [0.15, 0.2) is 15.5 Å². The summed E-state index contributed by atoms with van der Waals surface area (Å²) in [5.74, 6) is -0.0367. The Kier molecular flexibility index (Phi) is 3.71. The summed E-state index contributed by atoms with van der Waals surface area (Å²) < 4.78 is 64.3. The molecule has 0 aliphatic heterocycles. The lowest BCUT2D eigenvalue weighted by Gasteiger charge is -2.05. The van der Waals surface area contributed by atoms with Crippen molar-refractivity contribution in [3.05, 3.63) is 36.2 Å². The number of fused-ring (bicyclic) bond motifs is 1. The summed E-state index contributed by atoms with van der Waals surface area (Å²) in [5.41, 5.74) is -1.10. The predicted octanol–water partition coefficient (Wildman–Crippen LogP) is 1.58. The minimum Gasteiger partial charge on any atom is -0.307 e. The molecule has 0 amide bonds. The van der Waals surface area contributed by atoms with E-state index in [1.807, 2.05) is 0 Å². The van der Waals surface area contributed by atoms with Gasteiger partial charge in [0.1, 0.15) is 10.4 Å². The molecule has 1 N–H and O–H groups in total. The zero-order chi connectivity index (χ0) is 18.6. The Balaban J connectivity index is 2.33. The molecular formula is C14H12F3N4O3S+. The van der Waals surface area contributed by atoms with E-state index in [1.165, 1.54) is 29.9 Å². The molecule has 0 saturated carbocycles. The van der Waals surface area contributed by atoms with Crippen molar-refractivity contribution in [3.8, 4) is 11.5 Å². The van der Waals surface area contributed by atoms with Crippen molar-refractivity contribution in [3.63, 3.8) is 0 Å². The summed E-state index contributed by atoms with van der Waals surface area (Å²) in [7, 11) is -2.26. The molecule has 0 unspecified atom stereocenters. The minimum absolute atomic E-state index is 0.0367. The number of imidazole rings is 1. The van der Waals surface area contributed by atoms with E-state index in [-0.39, 0.29) is 27.6 Å². The van der Waals surface area contributed by atoms with Crippen LogP contribution < -0.4 is 4.73 Å². The maximum atomic E-state index is 12.8. The van der Waals surface area contributed by atoms with Crippen LogP contribution in [0.5, 0.6) is 0 Å². The van der Waals surface area contributed by atoms with Crippen LogP contribution >= 0.6 is 0 Å². The van der Waals surface area contributed by atoms with Crippen LogP contribution in [0.1, 0.15) is 5.56 Å². The van der Waals surface area contributed by atoms with E-state index in [0.29, 0.717) is 10.9 Å². The lowest BCUT2D eigenvalue weighted by molar-refractivity contribution is -0.897. The monoisotopic (exact) mass is 373 g/mol. The Morgan fingerprint density at radius 1 is 1.32 bits per heavy atom. The van der Waals surface area contributed by atoms with Crippen LogP contribution in [0.25, 0.3) is 22.7 Å². The van der Waals surface area contributed by atoms with E-state index in [1.54, 1.807) is 0 Å². The first-order valence-corrected chi connectivity index (χ1v) is 8.73. The van der Waals surface area contributed by atoms with E-state index in [2.05, 4.69) is 9.97 Å². The molecule has 0 radical (unpaired) electrons. The van der Waals surface area contributed by atoms with E-state index in [0.717, 1.165) is 12.3 Å². The average molecular weight is 373 g/mol. The van der Waals surface area contributed by atoms with Gasteiger partial charge < -0.3 is 4.57 Å². The molecule has 0 bridgehead atoms. The Labute approximate surface area is 139 Å². The number of hydrogen-bond donors (Lipinski definition) is 1. The van der Waals surface area contributed by atoms with Crippen LogP contribution in [-0.2, 0) is 23.1 Å². The van der Waals surface area contributed by atoms with Gasteiger partial charge >= 0.3 is 11.9 Å². The largest absolute Gasteiger partial charge is 0.417 e. The molecule has 3 aromatic rings. The molecule has 3 heterocycles. The maximum absolute atomic E-state index is 12.8. The van der Waals surface area contributed by atoms with Gasteiger partial charge in [-0.3, -0.25) is 5.21 Å². The lowest BCUT2D eigenvalue weighted by atomic mass is 10.2. The number of nitrogens with zero attached hydrogens (tertiary/aromatic N) is 4. The summed E-state index contributed by atoms with van der Waals surface area (Å²) in [6.07, 6.45) is -1.77. The molecule has 11 heteroatoms. The lowest BCUT2D eigenvalue weighted by Crippen LogP contribution is -2.34. The highest BCUT2D eigenvalue weighted by molar-refractivity contribution is 7.90. The molecule has 0 saturated heterocycles. The molecule has 3 rings (SSSR count). The zero-order valence-corrected chi connectivity index (χ0v) is 13.8. The second kappa shape index (κ2) is 5.41. The number of rotatable bonds is 2. The fourth-order valence-corrected chi connectivity index (χ4v) is 3.29. The maximum Gasteiger partial charge on any atom is 0.417 e. The minimum atomic E-state index is -4.58. The molecule has 0 aromatic carbocycles. The van der Waals surface area contributed by atoms with Gasteiger partial charge in [0.2, 0.25) is 12.0 Å². The van der Waals surface area contributed by atoms with E-state index < -0.39 is 21.6 Å². The van der Waals surface area contributed by atoms with Crippen LogP contribution in [-0.4, -0.2) is 34.4 Å². The summed E-state index contributed by atoms with van der Waals surface area (Å²) in [5, 5.41) is 10.0. The van der Waals surface area contributed by atoms with Gasteiger partial charge in [-0.1, -0.05) is 0 Å². The first-order chi connectivity index (χ1) is 11.5. The molecular weight excluding hydrogens is 361 g/mol. The molecule has 25 heavy (non-hydrogen) atoms. The van der Waals surface area contributed by atoms with Gasteiger partial charge in [-0.15, -0.1) is 0 Å². The Morgan fingerprint density at radius 3 is 2.60 bits per heavy atom. The van der Waals surface area contributed by atoms with E-state index in [9.17, 15) is 26.8 Å². The van der Waals surface area contributed by atoms with Crippen molar-refractivity contribution in [1.29, 1.82) is 0 Å². The van der Waals surface area contributed by atoms with Crippen molar-refractivity contribution in [2.45, 2.75) is 11.1 Å². The van der Waals surface area contributed by atoms with Crippen LogP contribution in [0.15, 0.2) is 35.5 Å². The first-order valence-electron chi connectivity index (χ1n) is 6.84. The molecule has 0 aliphatic carbocycles. The normalized spacial score (nSPS) is 12.7. The quantitative estimate of drug-likeness (QED) is 0.544. The topological polar surface area (TPSA) is 89.0 Å². The van der Waals surface area contributed by atoms with Crippen LogP contribution in [0.2, 0.25) is 0 Å². The number of aryl methyl sites for hydroxylation is 1. The third-order valence-electron chi connectivity index (χ3n) is 3.58. The summed E-state index contributed by atoms with van der Waals surface area (Å²) in [6, 6.07) is 3.41. The van der Waals surface area contributed by atoms with Crippen LogP contribution in [0.4, 0.5) is 13.2 Å². The first kappa shape index (κ1) is 17.1. The fraction of sp³-hybridized carbons (Fsp3) is 0.214.